The van der Waals surface area contributed by atoms with Gasteiger partial charge in [-0.1, -0.05) is 0 Å². The van der Waals surface area contributed by atoms with Crippen molar-refractivity contribution in [3.05, 3.63) is 38.3 Å². The van der Waals surface area contributed by atoms with Gasteiger partial charge in [-0.2, -0.15) is 4.68 Å². The molecule has 1 aromatic carbocycles. The zero-order chi connectivity index (χ0) is 18.7. The maximum Gasteiger partial charge on any atom is 0.350 e. The van der Waals surface area contributed by atoms with Gasteiger partial charge < -0.3 is 16.5 Å². The quantitative estimate of drug-likeness (QED) is 0.789. The Kier molecular flexibility index (Phi) is 3.83. The van der Waals surface area contributed by atoms with E-state index in [0.29, 0.717) is 40.5 Å². The molecule has 2 atom stereocenters. The van der Waals surface area contributed by atoms with Gasteiger partial charge in [0.2, 0.25) is 0 Å². The first kappa shape index (κ1) is 17.1. The van der Waals surface area contributed by atoms with Crippen LogP contribution in [0.15, 0.2) is 15.7 Å². The van der Waals surface area contributed by atoms with E-state index in [1.165, 1.54) is 6.07 Å². The van der Waals surface area contributed by atoms with E-state index in [-0.39, 0.29) is 17.5 Å². The Balaban J connectivity index is 1.97. The molecule has 140 valence electrons. The van der Waals surface area contributed by atoms with E-state index in [1.54, 1.807) is 11.5 Å². The van der Waals surface area contributed by atoms with Crippen molar-refractivity contribution in [3.8, 4) is 0 Å². The first-order valence-corrected chi connectivity index (χ1v) is 9.07. The van der Waals surface area contributed by atoms with Gasteiger partial charge in [0.15, 0.2) is 0 Å². The Hall–Kier alpha value is -2.35. The molecule has 26 heavy (non-hydrogen) atoms. The molecular weight excluding hydrogens is 337 g/mol. The lowest BCUT2D eigenvalue weighted by Gasteiger charge is -2.24. The van der Waals surface area contributed by atoms with E-state index >= 15 is 0 Å². The lowest BCUT2D eigenvalue weighted by molar-refractivity contribution is 0.487. The van der Waals surface area contributed by atoms with Crippen molar-refractivity contribution < 1.29 is 4.39 Å². The molecule has 1 saturated heterocycles. The summed E-state index contributed by atoms with van der Waals surface area (Å²) in [6.45, 7) is 5.12. The minimum atomic E-state index is -0.662. The van der Waals surface area contributed by atoms with Gasteiger partial charge in [-0.15, -0.1) is 0 Å². The van der Waals surface area contributed by atoms with Crippen LogP contribution in [0.2, 0.25) is 0 Å². The zero-order valence-corrected chi connectivity index (χ0v) is 15.0. The van der Waals surface area contributed by atoms with Gasteiger partial charge in [0.25, 0.3) is 5.56 Å². The molecule has 1 aliphatic carbocycles. The lowest BCUT2D eigenvalue weighted by Crippen LogP contribution is -2.44. The molecule has 0 amide bonds. The molecule has 0 unspecified atom stereocenters. The van der Waals surface area contributed by atoms with E-state index in [9.17, 15) is 14.0 Å². The first-order chi connectivity index (χ1) is 12.3. The summed E-state index contributed by atoms with van der Waals surface area (Å²) in [5.74, 6) is 5.49. The van der Waals surface area contributed by atoms with Gasteiger partial charge in [-0.25, -0.2) is 9.18 Å². The molecule has 8 heteroatoms. The average Bonchev–Trinajstić information content (AvgIpc) is 3.30. The number of halogens is 1. The third-order valence-electron chi connectivity index (χ3n) is 5.76. The molecule has 7 nitrogen and oxygen atoms in total. The van der Waals surface area contributed by atoms with Crippen LogP contribution in [-0.4, -0.2) is 28.4 Å². The summed E-state index contributed by atoms with van der Waals surface area (Å²) in [6, 6.07) is 1.28. The molecule has 4 rings (SSSR count). The van der Waals surface area contributed by atoms with Crippen LogP contribution < -0.4 is 27.7 Å². The molecule has 0 bridgehead atoms. The summed E-state index contributed by atoms with van der Waals surface area (Å²) in [5.41, 5.74) is 6.39. The Morgan fingerprint density at radius 2 is 1.96 bits per heavy atom. The summed E-state index contributed by atoms with van der Waals surface area (Å²) >= 11 is 0. The predicted octanol–water partition coefficient (Wildman–Crippen LogP) is 0.833. The van der Waals surface area contributed by atoms with Crippen LogP contribution in [-0.2, 0) is 0 Å². The number of benzene rings is 1. The molecule has 1 saturated carbocycles. The zero-order valence-electron chi connectivity index (χ0n) is 15.0. The highest BCUT2D eigenvalue weighted by Crippen LogP contribution is 2.39. The molecule has 2 aliphatic rings. The monoisotopic (exact) mass is 361 g/mol. The van der Waals surface area contributed by atoms with Gasteiger partial charge in [-0.05, 0) is 45.1 Å². The van der Waals surface area contributed by atoms with Crippen LogP contribution in [0.25, 0.3) is 10.9 Å². The molecule has 0 spiro atoms. The normalized spacial score (nSPS) is 21.5. The van der Waals surface area contributed by atoms with Crippen LogP contribution in [0, 0.1) is 18.7 Å². The summed E-state index contributed by atoms with van der Waals surface area (Å²) in [4.78, 5) is 27.0. The number of aryl methyl sites for hydroxylation is 1. The number of aromatic nitrogens is 2. The summed E-state index contributed by atoms with van der Waals surface area (Å²) in [5, 5.41) is 0.153. The van der Waals surface area contributed by atoms with Crippen molar-refractivity contribution in [2.24, 2.45) is 11.7 Å². The largest absolute Gasteiger partial charge is 0.369 e. The molecule has 2 fully saturated rings. The number of nitrogen functional groups attached to an aromatic ring is 1. The van der Waals surface area contributed by atoms with Crippen molar-refractivity contribution >= 4 is 16.6 Å². The molecule has 4 N–H and O–H groups in total. The molecule has 2 heterocycles. The topological polar surface area (TPSA) is 99.3 Å². The van der Waals surface area contributed by atoms with E-state index in [0.717, 1.165) is 19.3 Å². The predicted molar refractivity (Wildman–Crippen MR) is 99.6 cm³/mol. The number of hydrogen-bond donors (Lipinski definition) is 2. The maximum atomic E-state index is 15.0. The minimum Gasteiger partial charge on any atom is -0.369 e. The molecule has 0 radical (unpaired) electrons. The van der Waals surface area contributed by atoms with E-state index in [1.807, 2.05) is 11.8 Å². The Labute approximate surface area is 150 Å². The number of hydrogen-bond acceptors (Lipinski definition) is 5. The smallest absolute Gasteiger partial charge is 0.350 e. The van der Waals surface area contributed by atoms with E-state index in [2.05, 4.69) is 0 Å². The van der Waals surface area contributed by atoms with Gasteiger partial charge in [0.05, 0.1) is 16.6 Å². The van der Waals surface area contributed by atoms with Crippen LogP contribution in [0.5, 0.6) is 0 Å². The molecule has 1 aliphatic heterocycles. The fourth-order valence-corrected chi connectivity index (χ4v) is 4.14. The van der Waals surface area contributed by atoms with Crippen LogP contribution in [0.4, 0.5) is 10.1 Å². The van der Waals surface area contributed by atoms with Crippen molar-refractivity contribution in [2.75, 3.05) is 23.8 Å². The summed E-state index contributed by atoms with van der Waals surface area (Å²) in [7, 11) is 0. The Morgan fingerprint density at radius 3 is 2.54 bits per heavy atom. The third-order valence-corrected chi connectivity index (χ3v) is 5.76. The second kappa shape index (κ2) is 5.84. The van der Waals surface area contributed by atoms with Gasteiger partial charge >= 0.3 is 5.69 Å². The van der Waals surface area contributed by atoms with Gasteiger partial charge in [0, 0.05) is 30.7 Å². The highest BCUT2D eigenvalue weighted by atomic mass is 19.1. The SMILES string of the molecule is Cc1c(N2CC[C@@H]([C@H](C)N)C2)c(F)cc2c(=O)n(N)c(=O)n(C3CC3)c12. The molecule has 1 aromatic heterocycles. The number of nitrogens with zero attached hydrogens (tertiary/aromatic N) is 3. The number of anilines is 1. The standard InChI is InChI=1S/C18H24FN5O2/c1-9-15-13(17(25)24(21)18(26)23(15)12-3-4-12)7-14(19)16(9)22-6-5-11(8-22)10(2)20/h7,10-12H,3-6,8,20-21H2,1-2H3/t10-,11+/m0/s1. The van der Waals surface area contributed by atoms with Crippen LogP contribution >= 0.6 is 0 Å². The van der Waals surface area contributed by atoms with Crippen molar-refractivity contribution in [1.29, 1.82) is 0 Å². The lowest BCUT2D eigenvalue weighted by atomic mass is 10.0. The highest BCUT2D eigenvalue weighted by molar-refractivity contribution is 5.87. The van der Waals surface area contributed by atoms with Gasteiger partial charge in [0.1, 0.15) is 5.82 Å². The first-order valence-electron chi connectivity index (χ1n) is 9.07. The highest BCUT2D eigenvalue weighted by Gasteiger charge is 2.32. The van der Waals surface area contributed by atoms with E-state index in [4.69, 9.17) is 11.6 Å². The fraction of sp³-hybridized carbons (Fsp3) is 0.556. The van der Waals surface area contributed by atoms with Crippen LogP contribution in [0.3, 0.4) is 0 Å². The number of fused-ring (bicyclic) bond motifs is 1. The van der Waals surface area contributed by atoms with Crippen LogP contribution in [0.1, 0.15) is 37.8 Å². The molecular formula is C18H24FN5O2. The second-order valence-electron chi connectivity index (χ2n) is 7.64. The maximum absolute atomic E-state index is 15.0. The Bertz CT molecular complexity index is 1010. The fourth-order valence-electron chi connectivity index (χ4n) is 4.14. The van der Waals surface area contributed by atoms with Crippen molar-refractivity contribution in [1.82, 2.24) is 9.24 Å². The number of rotatable bonds is 3. The second-order valence-corrected chi connectivity index (χ2v) is 7.64. The Morgan fingerprint density at radius 1 is 1.27 bits per heavy atom. The van der Waals surface area contributed by atoms with Crippen molar-refractivity contribution in [2.45, 2.75) is 45.2 Å². The van der Waals surface area contributed by atoms with Gasteiger partial charge in [-0.3, -0.25) is 9.36 Å². The summed E-state index contributed by atoms with van der Waals surface area (Å²) < 4.78 is 17.1. The minimum absolute atomic E-state index is 0.0211. The molecule has 2 aromatic rings. The summed E-state index contributed by atoms with van der Waals surface area (Å²) in [6.07, 6.45) is 2.61. The third kappa shape index (κ3) is 2.43. The van der Waals surface area contributed by atoms with Crippen molar-refractivity contribution in [3.63, 3.8) is 0 Å². The van der Waals surface area contributed by atoms with E-state index < -0.39 is 17.1 Å². The average molecular weight is 361 g/mol. The number of nitrogens with two attached hydrogens (primary N) is 2.